The molecule has 0 spiro atoms. The number of carboxylic acids is 1. The lowest BCUT2D eigenvalue weighted by atomic mass is 10.1. The van der Waals surface area contributed by atoms with Crippen LogP contribution in [0.25, 0.3) is 5.69 Å². The van der Waals surface area contributed by atoms with Crippen LogP contribution >= 0.6 is 0 Å². The number of aryl methyl sites for hydroxylation is 2. The van der Waals surface area contributed by atoms with Crippen LogP contribution in [-0.4, -0.2) is 37.9 Å². The third-order valence-electron chi connectivity index (χ3n) is 4.58. The van der Waals surface area contributed by atoms with Crippen LogP contribution in [0, 0.1) is 13.8 Å². The van der Waals surface area contributed by atoms with Crippen LogP contribution in [0.2, 0.25) is 0 Å². The highest BCUT2D eigenvalue weighted by molar-refractivity contribution is 5.72. The van der Waals surface area contributed by atoms with Crippen molar-refractivity contribution in [3.05, 3.63) is 69.9 Å². The highest BCUT2D eigenvalue weighted by Crippen LogP contribution is 2.26. The molecule has 3 aromatic rings. The summed E-state index contributed by atoms with van der Waals surface area (Å²) in [6.45, 7) is 5.11. The maximum absolute atomic E-state index is 12.7. The quantitative estimate of drug-likeness (QED) is 0.591. The minimum atomic E-state index is -4.80. The minimum Gasteiger partial charge on any atom is -0.479 e. The fraction of sp³-hybridized carbons (Fsp3) is 0.286. The molecule has 0 aliphatic heterocycles. The van der Waals surface area contributed by atoms with Crippen LogP contribution in [0.15, 0.2) is 47.5 Å². The summed E-state index contributed by atoms with van der Waals surface area (Å²) in [5, 5.41) is 13.1. The SMILES string of the molecule is Cc1cc(Cn2ncn(-c3ccc(OC(F)(F)F)cc3)c2=O)cc(C)c1OC(C)C(=O)O. The number of carbonyl (C=O) groups is 1. The van der Waals surface area contributed by atoms with Gasteiger partial charge in [-0.1, -0.05) is 12.1 Å². The fourth-order valence-corrected chi connectivity index (χ4v) is 3.15. The van der Waals surface area contributed by atoms with Crippen LogP contribution in [-0.2, 0) is 11.3 Å². The van der Waals surface area contributed by atoms with E-state index in [9.17, 15) is 22.8 Å². The molecule has 11 heteroatoms. The summed E-state index contributed by atoms with van der Waals surface area (Å²) in [6, 6.07) is 8.39. The van der Waals surface area contributed by atoms with Crippen molar-refractivity contribution in [3.8, 4) is 17.2 Å². The van der Waals surface area contributed by atoms with E-state index < -0.39 is 29.9 Å². The topological polar surface area (TPSA) is 95.6 Å². The van der Waals surface area contributed by atoms with E-state index in [2.05, 4.69) is 9.84 Å². The van der Waals surface area contributed by atoms with Crippen molar-refractivity contribution in [3.63, 3.8) is 0 Å². The van der Waals surface area contributed by atoms with Gasteiger partial charge in [-0.25, -0.2) is 18.8 Å². The molecule has 32 heavy (non-hydrogen) atoms. The number of halogens is 3. The summed E-state index contributed by atoms with van der Waals surface area (Å²) in [5.74, 6) is -1.02. The third-order valence-corrected chi connectivity index (χ3v) is 4.58. The number of hydrogen-bond donors (Lipinski definition) is 1. The average Bonchev–Trinajstić information content (AvgIpc) is 3.04. The van der Waals surface area contributed by atoms with Crippen molar-refractivity contribution >= 4 is 5.97 Å². The zero-order valence-corrected chi connectivity index (χ0v) is 17.4. The van der Waals surface area contributed by atoms with Gasteiger partial charge in [0.1, 0.15) is 17.8 Å². The van der Waals surface area contributed by atoms with Gasteiger partial charge in [0.25, 0.3) is 0 Å². The van der Waals surface area contributed by atoms with Crippen LogP contribution < -0.4 is 15.2 Å². The Kier molecular flexibility index (Phi) is 6.28. The zero-order chi connectivity index (χ0) is 23.6. The molecular formula is C21H20F3N3O5. The normalized spacial score (nSPS) is 12.4. The number of nitrogens with zero attached hydrogens (tertiary/aromatic N) is 3. The molecule has 0 amide bonds. The lowest BCUT2D eigenvalue weighted by Gasteiger charge is -2.16. The van der Waals surface area contributed by atoms with Crippen LogP contribution in [0.5, 0.6) is 11.5 Å². The Balaban J connectivity index is 1.80. The molecule has 2 aromatic carbocycles. The van der Waals surface area contributed by atoms with Crippen LogP contribution in [0.3, 0.4) is 0 Å². The molecular weight excluding hydrogens is 431 g/mol. The summed E-state index contributed by atoms with van der Waals surface area (Å²) in [6.07, 6.45) is -4.54. The van der Waals surface area contributed by atoms with Gasteiger partial charge in [0, 0.05) is 0 Å². The van der Waals surface area contributed by atoms with Crippen molar-refractivity contribution in [1.82, 2.24) is 14.3 Å². The Bertz CT molecular complexity index is 1160. The Morgan fingerprint density at radius 3 is 2.28 bits per heavy atom. The largest absolute Gasteiger partial charge is 0.573 e. The molecule has 1 atom stereocenters. The number of ether oxygens (including phenoxy) is 2. The van der Waals surface area contributed by atoms with E-state index in [1.807, 2.05) is 0 Å². The first-order valence-corrected chi connectivity index (χ1v) is 9.45. The number of aliphatic carboxylic acids is 1. The molecule has 0 saturated heterocycles. The standard InChI is InChI=1S/C21H20F3N3O5/c1-12-8-15(9-13(2)18(12)31-14(3)19(28)29)10-27-20(30)26(11-25-27)16-4-6-17(7-5-16)32-21(22,23)24/h4-9,11,14H,10H2,1-3H3,(H,28,29). The van der Waals surface area contributed by atoms with Gasteiger partial charge in [-0.3, -0.25) is 0 Å². The predicted molar refractivity (Wildman–Crippen MR) is 107 cm³/mol. The summed E-state index contributed by atoms with van der Waals surface area (Å²) in [4.78, 5) is 23.7. The number of benzene rings is 2. The van der Waals surface area contributed by atoms with Gasteiger partial charge in [-0.15, -0.1) is 13.2 Å². The summed E-state index contributed by atoms with van der Waals surface area (Å²) in [7, 11) is 0. The molecule has 0 aliphatic carbocycles. The maximum atomic E-state index is 12.7. The van der Waals surface area contributed by atoms with Gasteiger partial charge in [0.15, 0.2) is 6.10 Å². The highest BCUT2D eigenvalue weighted by Gasteiger charge is 2.31. The van der Waals surface area contributed by atoms with E-state index in [0.29, 0.717) is 22.6 Å². The lowest BCUT2D eigenvalue weighted by molar-refractivity contribution is -0.274. The number of aromatic nitrogens is 3. The second-order valence-electron chi connectivity index (χ2n) is 7.14. The first-order chi connectivity index (χ1) is 14.9. The van der Waals surface area contributed by atoms with Gasteiger partial charge in [-0.2, -0.15) is 5.10 Å². The van der Waals surface area contributed by atoms with Gasteiger partial charge >= 0.3 is 18.0 Å². The second kappa shape index (κ2) is 8.77. The van der Waals surface area contributed by atoms with E-state index >= 15 is 0 Å². The van der Waals surface area contributed by atoms with Gasteiger partial charge in [0.2, 0.25) is 0 Å². The first-order valence-electron chi connectivity index (χ1n) is 9.45. The summed E-state index contributed by atoms with van der Waals surface area (Å²) in [5.41, 5.74) is 2.01. The van der Waals surface area contributed by atoms with Crippen molar-refractivity contribution < 1.29 is 32.5 Å². The van der Waals surface area contributed by atoms with Crippen molar-refractivity contribution in [2.24, 2.45) is 0 Å². The average molecular weight is 451 g/mol. The second-order valence-corrected chi connectivity index (χ2v) is 7.14. The molecule has 0 saturated carbocycles. The molecule has 0 fully saturated rings. The van der Waals surface area contributed by atoms with Gasteiger partial charge in [0.05, 0.1) is 12.2 Å². The van der Waals surface area contributed by atoms with E-state index in [1.54, 1.807) is 26.0 Å². The molecule has 8 nitrogen and oxygen atoms in total. The Labute approximate surface area is 180 Å². The van der Waals surface area contributed by atoms with Gasteiger partial charge < -0.3 is 14.6 Å². The van der Waals surface area contributed by atoms with Crippen LogP contribution in [0.4, 0.5) is 13.2 Å². The van der Waals surface area contributed by atoms with Gasteiger partial charge in [-0.05, 0) is 61.7 Å². The monoisotopic (exact) mass is 451 g/mol. The Morgan fingerprint density at radius 1 is 1.16 bits per heavy atom. The number of alkyl halides is 3. The fourth-order valence-electron chi connectivity index (χ4n) is 3.15. The molecule has 1 aromatic heterocycles. The number of rotatable bonds is 7. The molecule has 1 heterocycles. The predicted octanol–water partition coefficient (Wildman–Crippen LogP) is 3.45. The Hall–Kier alpha value is -3.76. The van der Waals surface area contributed by atoms with E-state index in [4.69, 9.17) is 9.84 Å². The third kappa shape index (κ3) is 5.29. The molecule has 3 rings (SSSR count). The lowest BCUT2D eigenvalue weighted by Crippen LogP contribution is -2.25. The van der Waals surface area contributed by atoms with E-state index in [0.717, 1.165) is 17.7 Å². The van der Waals surface area contributed by atoms with Crippen LogP contribution in [0.1, 0.15) is 23.6 Å². The minimum absolute atomic E-state index is 0.136. The molecule has 1 N–H and O–H groups in total. The molecule has 1 unspecified atom stereocenters. The van der Waals surface area contributed by atoms with E-state index in [-0.39, 0.29) is 6.54 Å². The molecule has 0 radical (unpaired) electrons. The molecule has 0 bridgehead atoms. The number of hydrogen-bond acceptors (Lipinski definition) is 5. The molecule has 170 valence electrons. The smallest absolute Gasteiger partial charge is 0.479 e. The maximum Gasteiger partial charge on any atom is 0.573 e. The van der Waals surface area contributed by atoms with E-state index in [1.165, 1.54) is 34.6 Å². The molecule has 0 aliphatic rings. The van der Waals surface area contributed by atoms with Crippen molar-refractivity contribution in [2.75, 3.05) is 0 Å². The summed E-state index contributed by atoms with van der Waals surface area (Å²) >= 11 is 0. The first kappa shape index (κ1) is 22.9. The highest BCUT2D eigenvalue weighted by atomic mass is 19.4. The Morgan fingerprint density at radius 2 is 1.75 bits per heavy atom. The zero-order valence-electron chi connectivity index (χ0n) is 17.4. The number of carboxylic acid groups (broad SMARTS) is 1. The van der Waals surface area contributed by atoms with Crippen molar-refractivity contribution in [1.29, 1.82) is 0 Å². The van der Waals surface area contributed by atoms with Crippen molar-refractivity contribution in [2.45, 2.75) is 39.8 Å². The summed E-state index contributed by atoms with van der Waals surface area (Å²) < 4.78 is 48.6.